The number of hydrogen-bond donors (Lipinski definition) is 2. The van der Waals surface area contributed by atoms with Crippen LogP contribution in [0.5, 0.6) is 0 Å². The van der Waals surface area contributed by atoms with Crippen molar-refractivity contribution in [3.8, 4) is 0 Å². The van der Waals surface area contributed by atoms with Crippen molar-refractivity contribution in [1.82, 2.24) is 5.32 Å². The van der Waals surface area contributed by atoms with Crippen molar-refractivity contribution in [2.45, 2.75) is 12.7 Å². The summed E-state index contributed by atoms with van der Waals surface area (Å²) in [7, 11) is 0. The van der Waals surface area contributed by atoms with Gasteiger partial charge in [-0.15, -0.1) is 11.8 Å². The van der Waals surface area contributed by atoms with Crippen molar-refractivity contribution in [1.29, 1.82) is 0 Å². The number of urea groups is 1. The molecular formula is C17H17FN2O2S. The van der Waals surface area contributed by atoms with Gasteiger partial charge in [-0.1, -0.05) is 36.4 Å². The highest BCUT2D eigenvalue weighted by atomic mass is 32.2. The first kappa shape index (κ1) is 17.0. The summed E-state index contributed by atoms with van der Waals surface area (Å²) in [5.41, 5.74) is 2.35. The number of thioether (sulfide) groups is 1. The number of para-hydroxylation sites is 1. The lowest BCUT2D eigenvalue weighted by Crippen LogP contribution is -2.35. The number of amides is 3. The Labute approximate surface area is 138 Å². The van der Waals surface area contributed by atoms with Crippen LogP contribution in [-0.4, -0.2) is 17.7 Å². The molecule has 2 aromatic rings. The number of anilines is 1. The summed E-state index contributed by atoms with van der Waals surface area (Å²) in [5.74, 6) is -0.130. The average Bonchev–Trinajstić information content (AvgIpc) is 2.51. The third kappa shape index (κ3) is 5.41. The second-order valence-corrected chi connectivity index (χ2v) is 5.89. The minimum absolute atomic E-state index is 0.0327. The molecule has 0 unspecified atom stereocenters. The predicted molar refractivity (Wildman–Crippen MR) is 90.9 cm³/mol. The van der Waals surface area contributed by atoms with Crippen molar-refractivity contribution >= 4 is 29.4 Å². The third-order valence-corrected chi connectivity index (χ3v) is 4.11. The molecule has 2 N–H and O–H groups in total. The van der Waals surface area contributed by atoms with Crippen LogP contribution in [0.4, 0.5) is 14.9 Å². The summed E-state index contributed by atoms with van der Waals surface area (Å²) >= 11 is 1.41. The van der Waals surface area contributed by atoms with Crippen LogP contribution in [0.1, 0.15) is 11.1 Å². The van der Waals surface area contributed by atoms with Gasteiger partial charge in [0.2, 0.25) is 5.91 Å². The number of rotatable bonds is 5. The molecule has 2 rings (SSSR count). The Morgan fingerprint density at radius 1 is 1.09 bits per heavy atom. The van der Waals surface area contributed by atoms with Crippen LogP contribution < -0.4 is 10.6 Å². The molecule has 0 saturated carbocycles. The van der Waals surface area contributed by atoms with E-state index in [0.29, 0.717) is 5.75 Å². The summed E-state index contributed by atoms with van der Waals surface area (Å²) < 4.78 is 13.4. The minimum atomic E-state index is -0.739. The van der Waals surface area contributed by atoms with Crippen LogP contribution in [0.15, 0.2) is 48.5 Å². The number of aryl methyl sites for hydroxylation is 1. The van der Waals surface area contributed by atoms with E-state index in [9.17, 15) is 14.0 Å². The number of imide groups is 1. The van der Waals surface area contributed by atoms with E-state index in [1.54, 1.807) is 6.07 Å². The number of hydrogen-bond acceptors (Lipinski definition) is 3. The second-order valence-electron chi connectivity index (χ2n) is 4.90. The Balaban J connectivity index is 1.75. The van der Waals surface area contributed by atoms with Crippen molar-refractivity contribution in [3.63, 3.8) is 0 Å². The van der Waals surface area contributed by atoms with E-state index in [2.05, 4.69) is 10.6 Å². The minimum Gasteiger partial charge on any atom is -0.305 e. The van der Waals surface area contributed by atoms with Gasteiger partial charge < -0.3 is 5.32 Å². The van der Waals surface area contributed by atoms with Crippen LogP contribution in [0.25, 0.3) is 0 Å². The highest BCUT2D eigenvalue weighted by Gasteiger charge is 2.10. The molecule has 0 aliphatic heterocycles. The maximum Gasteiger partial charge on any atom is 0.325 e. The van der Waals surface area contributed by atoms with Gasteiger partial charge in [0.1, 0.15) is 5.82 Å². The number of nitrogens with one attached hydrogen (secondary N) is 2. The van der Waals surface area contributed by atoms with Gasteiger partial charge in [-0.2, -0.15) is 0 Å². The van der Waals surface area contributed by atoms with Crippen molar-refractivity contribution in [3.05, 3.63) is 65.5 Å². The zero-order valence-corrected chi connectivity index (χ0v) is 13.5. The first-order chi connectivity index (χ1) is 11.1. The summed E-state index contributed by atoms with van der Waals surface area (Å²) in [6, 6.07) is 13.0. The molecular weight excluding hydrogens is 315 g/mol. The molecule has 0 aliphatic rings. The molecule has 0 radical (unpaired) electrons. The highest BCUT2D eigenvalue weighted by molar-refractivity contribution is 7.99. The molecule has 23 heavy (non-hydrogen) atoms. The molecule has 3 amide bonds. The van der Waals surface area contributed by atoms with E-state index >= 15 is 0 Å². The molecule has 2 aromatic carbocycles. The Morgan fingerprint density at radius 3 is 2.52 bits per heavy atom. The third-order valence-electron chi connectivity index (χ3n) is 3.13. The van der Waals surface area contributed by atoms with Crippen LogP contribution >= 0.6 is 11.8 Å². The molecule has 0 atom stereocenters. The monoisotopic (exact) mass is 332 g/mol. The fourth-order valence-corrected chi connectivity index (χ4v) is 2.81. The smallest absolute Gasteiger partial charge is 0.305 e. The van der Waals surface area contributed by atoms with Gasteiger partial charge in [0.15, 0.2) is 0 Å². The summed E-state index contributed by atoms with van der Waals surface area (Å²) in [4.78, 5) is 23.4. The maximum absolute atomic E-state index is 13.4. The fourth-order valence-electron chi connectivity index (χ4n) is 1.90. The molecule has 4 nitrogen and oxygen atoms in total. The topological polar surface area (TPSA) is 58.2 Å². The largest absolute Gasteiger partial charge is 0.325 e. The Bertz CT molecular complexity index is 706. The van der Waals surface area contributed by atoms with Crippen LogP contribution in [-0.2, 0) is 10.5 Å². The molecule has 0 aromatic heterocycles. The van der Waals surface area contributed by atoms with Gasteiger partial charge in [0.05, 0.1) is 11.4 Å². The van der Waals surface area contributed by atoms with Gasteiger partial charge in [-0.25, -0.2) is 9.18 Å². The summed E-state index contributed by atoms with van der Waals surface area (Å²) in [5, 5.41) is 4.48. The number of halogens is 1. The van der Waals surface area contributed by atoms with E-state index in [4.69, 9.17) is 0 Å². The molecule has 0 saturated heterocycles. The first-order valence-corrected chi connectivity index (χ1v) is 8.19. The number of carbonyl (C=O) groups excluding carboxylic acids is 2. The van der Waals surface area contributed by atoms with E-state index in [1.165, 1.54) is 30.0 Å². The molecule has 6 heteroatoms. The van der Waals surface area contributed by atoms with Crippen LogP contribution in [0, 0.1) is 12.7 Å². The quantitative estimate of drug-likeness (QED) is 0.877. The summed E-state index contributed by atoms with van der Waals surface area (Å²) in [6.45, 7) is 2.01. The van der Waals surface area contributed by atoms with Crippen molar-refractivity contribution in [2.24, 2.45) is 0 Å². The Morgan fingerprint density at radius 2 is 1.78 bits per heavy atom. The molecule has 0 bridgehead atoms. The Hall–Kier alpha value is -2.34. The Kier molecular flexibility index (Phi) is 6.17. The van der Waals surface area contributed by atoms with Crippen LogP contribution in [0.3, 0.4) is 0 Å². The summed E-state index contributed by atoms with van der Waals surface area (Å²) in [6.07, 6.45) is 0. The first-order valence-electron chi connectivity index (χ1n) is 7.04. The van der Waals surface area contributed by atoms with Gasteiger partial charge >= 0.3 is 6.03 Å². The van der Waals surface area contributed by atoms with Gasteiger partial charge in [-0.3, -0.25) is 10.1 Å². The molecule has 0 aliphatic carbocycles. The van der Waals surface area contributed by atoms with E-state index < -0.39 is 17.8 Å². The highest BCUT2D eigenvalue weighted by Crippen LogP contribution is 2.15. The number of carbonyl (C=O) groups is 2. The van der Waals surface area contributed by atoms with E-state index in [1.807, 2.05) is 31.2 Å². The zero-order valence-electron chi connectivity index (χ0n) is 12.6. The second kappa shape index (κ2) is 8.33. The van der Waals surface area contributed by atoms with Crippen molar-refractivity contribution in [2.75, 3.05) is 11.1 Å². The molecule has 0 spiro atoms. The molecule has 0 heterocycles. The van der Waals surface area contributed by atoms with E-state index in [-0.39, 0.29) is 11.4 Å². The van der Waals surface area contributed by atoms with Gasteiger partial charge in [0, 0.05) is 5.75 Å². The standard InChI is InChI=1S/C17H17FN2O2S/c1-12-6-2-3-7-13(12)10-23-11-16(21)20-17(22)19-15-9-5-4-8-14(15)18/h2-9H,10-11H2,1H3,(H2,19,20,21,22). The zero-order chi connectivity index (χ0) is 16.7. The van der Waals surface area contributed by atoms with E-state index in [0.717, 1.165) is 11.1 Å². The van der Waals surface area contributed by atoms with Gasteiger partial charge in [-0.05, 0) is 30.2 Å². The normalized spacial score (nSPS) is 10.2. The maximum atomic E-state index is 13.4. The SMILES string of the molecule is Cc1ccccc1CSCC(=O)NC(=O)Nc1ccccc1F. The predicted octanol–water partition coefficient (Wildman–Crippen LogP) is 3.72. The van der Waals surface area contributed by atoms with Crippen molar-refractivity contribution < 1.29 is 14.0 Å². The average molecular weight is 332 g/mol. The lowest BCUT2D eigenvalue weighted by molar-refractivity contribution is -0.117. The lowest BCUT2D eigenvalue weighted by atomic mass is 10.1. The molecule has 120 valence electrons. The fraction of sp³-hybridized carbons (Fsp3) is 0.176. The molecule has 0 fully saturated rings. The van der Waals surface area contributed by atoms with Crippen LogP contribution in [0.2, 0.25) is 0 Å². The van der Waals surface area contributed by atoms with Gasteiger partial charge in [0.25, 0.3) is 0 Å². The number of benzene rings is 2. The lowest BCUT2D eigenvalue weighted by Gasteiger charge is -2.08.